The molecule has 1 amide bonds. The lowest BCUT2D eigenvalue weighted by Gasteiger charge is -2.40. The number of hydrogen-bond acceptors (Lipinski definition) is 4. The van der Waals surface area contributed by atoms with E-state index in [1.807, 2.05) is 0 Å². The zero-order chi connectivity index (χ0) is 19.6. The fraction of sp³-hybridized carbons (Fsp3) is 0.667. The minimum Gasteiger partial charge on any atom is -0.476 e. The van der Waals surface area contributed by atoms with Crippen molar-refractivity contribution in [2.75, 3.05) is 19.7 Å². The number of nitrogens with zero attached hydrogens (tertiary/aromatic N) is 1. The summed E-state index contributed by atoms with van der Waals surface area (Å²) in [6.07, 6.45) is -2.53. The minimum atomic E-state index is -4.56. The van der Waals surface area contributed by atoms with Gasteiger partial charge < -0.3 is 15.4 Å². The number of amides is 1. The van der Waals surface area contributed by atoms with Crippen molar-refractivity contribution in [2.45, 2.75) is 46.3 Å². The van der Waals surface area contributed by atoms with Gasteiger partial charge in [0.25, 0.3) is 0 Å². The van der Waals surface area contributed by atoms with Crippen molar-refractivity contribution in [1.29, 1.82) is 0 Å². The van der Waals surface area contributed by atoms with E-state index in [-0.39, 0.29) is 24.0 Å². The highest BCUT2D eigenvalue weighted by molar-refractivity contribution is 5.82. The highest BCUT2D eigenvalue weighted by Gasteiger charge is 2.39. The SMILES string of the molecule is CC(C)(COc1ncccc1C(F)(F)F)C(=O)NC1CCNCC1(C)C. The number of alkyl halides is 3. The standard InChI is InChI=1S/C18H26F3N3O2/c1-16(2)10-22-9-7-13(16)24-15(25)17(3,4)11-26-14-12(18(19,20)21)6-5-8-23-14/h5-6,8,13,22H,7,9-11H2,1-4H3,(H,24,25). The molecule has 0 bridgehead atoms. The molecule has 0 aromatic carbocycles. The predicted octanol–water partition coefficient (Wildman–Crippen LogP) is 3.01. The lowest BCUT2D eigenvalue weighted by molar-refractivity contribution is -0.139. The first-order chi connectivity index (χ1) is 11.9. The summed E-state index contributed by atoms with van der Waals surface area (Å²) in [6.45, 7) is 8.82. The Hall–Kier alpha value is -1.83. The van der Waals surface area contributed by atoms with E-state index in [1.165, 1.54) is 12.3 Å². The molecule has 1 saturated heterocycles. The van der Waals surface area contributed by atoms with E-state index >= 15 is 0 Å². The molecule has 0 radical (unpaired) electrons. The Morgan fingerprint density at radius 1 is 1.42 bits per heavy atom. The molecule has 2 rings (SSSR count). The Bertz CT molecular complexity index is 645. The zero-order valence-electron chi connectivity index (χ0n) is 15.5. The van der Waals surface area contributed by atoms with E-state index in [1.54, 1.807) is 13.8 Å². The maximum atomic E-state index is 13.0. The van der Waals surface area contributed by atoms with Crippen LogP contribution in [0.3, 0.4) is 0 Å². The molecule has 0 spiro atoms. The summed E-state index contributed by atoms with van der Waals surface area (Å²) in [4.78, 5) is 16.3. The van der Waals surface area contributed by atoms with Gasteiger partial charge in [0, 0.05) is 18.8 Å². The number of ether oxygens (including phenoxy) is 1. The van der Waals surface area contributed by atoms with Gasteiger partial charge in [-0.2, -0.15) is 13.2 Å². The first-order valence-electron chi connectivity index (χ1n) is 8.60. The molecule has 1 aromatic rings. The largest absolute Gasteiger partial charge is 0.476 e. The van der Waals surface area contributed by atoms with Gasteiger partial charge in [0.2, 0.25) is 11.8 Å². The molecule has 8 heteroatoms. The third-order valence-electron chi connectivity index (χ3n) is 4.70. The molecule has 146 valence electrons. The Labute approximate surface area is 151 Å². The van der Waals surface area contributed by atoms with Crippen LogP contribution in [0.5, 0.6) is 5.88 Å². The topological polar surface area (TPSA) is 63.2 Å². The van der Waals surface area contributed by atoms with Crippen molar-refractivity contribution in [2.24, 2.45) is 10.8 Å². The molecule has 1 aliphatic heterocycles. The van der Waals surface area contributed by atoms with Crippen LogP contribution in [0.2, 0.25) is 0 Å². The first kappa shape index (κ1) is 20.5. The van der Waals surface area contributed by atoms with Gasteiger partial charge in [0.15, 0.2) is 0 Å². The van der Waals surface area contributed by atoms with E-state index in [0.717, 1.165) is 25.6 Å². The molecule has 2 heterocycles. The van der Waals surface area contributed by atoms with Gasteiger partial charge in [0.1, 0.15) is 12.2 Å². The molecule has 2 N–H and O–H groups in total. The second-order valence-electron chi connectivity index (χ2n) is 8.01. The summed E-state index contributed by atoms with van der Waals surface area (Å²) in [5.74, 6) is -0.759. The van der Waals surface area contributed by atoms with Crippen molar-refractivity contribution < 1.29 is 22.7 Å². The summed E-state index contributed by atoms with van der Waals surface area (Å²) < 4.78 is 44.3. The van der Waals surface area contributed by atoms with E-state index < -0.39 is 23.0 Å². The maximum Gasteiger partial charge on any atom is 0.421 e. The first-order valence-corrected chi connectivity index (χ1v) is 8.60. The van der Waals surface area contributed by atoms with Crippen LogP contribution < -0.4 is 15.4 Å². The van der Waals surface area contributed by atoms with Crippen LogP contribution >= 0.6 is 0 Å². The number of carbonyl (C=O) groups excluding carboxylic acids is 1. The molecule has 1 atom stereocenters. The van der Waals surface area contributed by atoms with Crippen LogP contribution in [0.15, 0.2) is 18.3 Å². The lowest BCUT2D eigenvalue weighted by Crippen LogP contribution is -2.57. The Morgan fingerprint density at radius 3 is 2.73 bits per heavy atom. The molecule has 26 heavy (non-hydrogen) atoms. The lowest BCUT2D eigenvalue weighted by atomic mass is 9.79. The van der Waals surface area contributed by atoms with Crippen LogP contribution in [0, 0.1) is 10.8 Å². The van der Waals surface area contributed by atoms with Crippen molar-refractivity contribution in [3.8, 4) is 5.88 Å². The molecule has 5 nitrogen and oxygen atoms in total. The second kappa shape index (κ2) is 7.42. The summed E-state index contributed by atoms with van der Waals surface area (Å²) in [7, 11) is 0. The number of piperidine rings is 1. The van der Waals surface area contributed by atoms with Crippen molar-refractivity contribution in [3.63, 3.8) is 0 Å². The van der Waals surface area contributed by atoms with Crippen molar-refractivity contribution >= 4 is 5.91 Å². The molecule has 1 unspecified atom stereocenters. The molecule has 0 aliphatic carbocycles. The van der Waals surface area contributed by atoms with Crippen LogP contribution in [-0.2, 0) is 11.0 Å². The van der Waals surface area contributed by atoms with Gasteiger partial charge in [-0.25, -0.2) is 4.98 Å². The van der Waals surface area contributed by atoms with Gasteiger partial charge in [0.05, 0.1) is 5.41 Å². The van der Waals surface area contributed by atoms with Crippen LogP contribution in [0.1, 0.15) is 39.7 Å². The molecule has 1 fully saturated rings. The number of pyridine rings is 1. The fourth-order valence-corrected chi connectivity index (χ4v) is 2.83. The summed E-state index contributed by atoms with van der Waals surface area (Å²) in [5.41, 5.74) is -2.05. The summed E-state index contributed by atoms with van der Waals surface area (Å²) in [5, 5.41) is 6.32. The third-order valence-corrected chi connectivity index (χ3v) is 4.70. The molecule has 1 aliphatic rings. The van der Waals surface area contributed by atoms with Gasteiger partial charge >= 0.3 is 6.18 Å². The highest BCUT2D eigenvalue weighted by atomic mass is 19.4. The monoisotopic (exact) mass is 373 g/mol. The summed E-state index contributed by atoms with van der Waals surface area (Å²) in [6, 6.07) is 2.11. The van der Waals surface area contributed by atoms with Crippen LogP contribution in [0.4, 0.5) is 13.2 Å². The van der Waals surface area contributed by atoms with E-state index in [9.17, 15) is 18.0 Å². The number of aromatic nitrogens is 1. The number of carbonyl (C=O) groups is 1. The smallest absolute Gasteiger partial charge is 0.421 e. The Balaban J connectivity index is 2.03. The minimum absolute atomic E-state index is 0.00360. The number of halogens is 3. The second-order valence-corrected chi connectivity index (χ2v) is 8.01. The van der Waals surface area contributed by atoms with E-state index in [4.69, 9.17) is 4.74 Å². The van der Waals surface area contributed by atoms with Gasteiger partial charge in [-0.15, -0.1) is 0 Å². The average Bonchev–Trinajstić information content (AvgIpc) is 2.54. The van der Waals surface area contributed by atoms with E-state index in [2.05, 4.69) is 29.5 Å². The Kier molecular flexibility index (Phi) is 5.85. The molecular formula is C18H26F3N3O2. The molecule has 1 aromatic heterocycles. The summed E-state index contributed by atoms with van der Waals surface area (Å²) >= 11 is 0. The number of rotatable bonds is 5. The van der Waals surface area contributed by atoms with Crippen molar-refractivity contribution in [1.82, 2.24) is 15.6 Å². The highest BCUT2D eigenvalue weighted by Crippen LogP contribution is 2.35. The van der Waals surface area contributed by atoms with E-state index in [0.29, 0.717) is 0 Å². The molecular weight excluding hydrogens is 347 g/mol. The zero-order valence-corrected chi connectivity index (χ0v) is 15.5. The van der Waals surface area contributed by atoms with Gasteiger partial charge in [-0.1, -0.05) is 13.8 Å². The quantitative estimate of drug-likeness (QED) is 0.833. The average molecular weight is 373 g/mol. The molecule has 0 saturated carbocycles. The predicted molar refractivity (Wildman–Crippen MR) is 91.7 cm³/mol. The third kappa shape index (κ3) is 4.87. The maximum absolute atomic E-state index is 13.0. The number of nitrogens with one attached hydrogen (secondary N) is 2. The van der Waals surface area contributed by atoms with Crippen LogP contribution in [0.25, 0.3) is 0 Å². The number of hydrogen-bond donors (Lipinski definition) is 2. The fourth-order valence-electron chi connectivity index (χ4n) is 2.83. The van der Waals surface area contributed by atoms with Crippen LogP contribution in [-0.4, -0.2) is 36.6 Å². The van der Waals surface area contributed by atoms with Crippen molar-refractivity contribution in [3.05, 3.63) is 23.9 Å². The van der Waals surface area contributed by atoms with Gasteiger partial charge in [-0.05, 0) is 44.4 Å². The Morgan fingerprint density at radius 2 is 2.12 bits per heavy atom. The van der Waals surface area contributed by atoms with Gasteiger partial charge in [-0.3, -0.25) is 4.79 Å². The normalized spacial score (nSPS) is 20.5.